The van der Waals surface area contributed by atoms with Crippen molar-refractivity contribution in [3.63, 3.8) is 0 Å². The van der Waals surface area contributed by atoms with E-state index < -0.39 is 26.5 Å². The van der Waals surface area contributed by atoms with Crippen molar-refractivity contribution >= 4 is 14.0 Å². The lowest BCUT2D eigenvalue weighted by atomic mass is 9.97. The summed E-state index contributed by atoms with van der Waals surface area (Å²) in [4.78, 5) is 10.6. The third-order valence-corrected chi connectivity index (χ3v) is 6.66. The van der Waals surface area contributed by atoms with E-state index in [2.05, 4.69) is 13.8 Å². The summed E-state index contributed by atoms with van der Waals surface area (Å²) in [6, 6.07) is 16.0. The van der Waals surface area contributed by atoms with Gasteiger partial charge in [0.2, 0.25) is 0 Å². The van der Waals surface area contributed by atoms with Gasteiger partial charge >= 0.3 is 5.97 Å². The van der Waals surface area contributed by atoms with Crippen LogP contribution in [0.4, 0.5) is 4.39 Å². The summed E-state index contributed by atoms with van der Waals surface area (Å²) in [5.41, 5.74) is 4.54. The molecule has 3 aromatic rings. The lowest BCUT2D eigenvalue weighted by Gasteiger charge is -2.12. The van der Waals surface area contributed by atoms with Crippen LogP contribution in [0.25, 0.3) is 16.9 Å². The zero-order valence-electron chi connectivity index (χ0n) is 19.3. The number of hydrogen-bond acceptors (Lipinski definition) is 5. The van der Waals surface area contributed by atoms with Crippen molar-refractivity contribution in [3.8, 4) is 16.9 Å². The van der Waals surface area contributed by atoms with Crippen LogP contribution in [0, 0.1) is 5.82 Å². The molecule has 2 aromatic carbocycles. The number of aliphatic hydroxyl groups excluding tert-OH is 1. The first kappa shape index (κ1) is 25.8. The number of nitrogens with zero attached hydrogens (tertiary/aromatic N) is 2. The van der Waals surface area contributed by atoms with Crippen LogP contribution in [-0.2, 0) is 20.3 Å². The van der Waals surface area contributed by atoms with Gasteiger partial charge < -0.3 is 14.7 Å². The highest BCUT2D eigenvalue weighted by Crippen LogP contribution is 2.34. The molecule has 1 heterocycles. The summed E-state index contributed by atoms with van der Waals surface area (Å²) in [6.45, 7) is 4.33. The molecule has 34 heavy (non-hydrogen) atoms. The van der Waals surface area contributed by atoms with Gasteiger partial charge in [-0.3, -0.25) is 9.36 Å². The van der Waals surface area contributed by atoms with E-state index in [1.54, 1.807) is 12.1 Å². The molecule has 182 valence electrons. The molecule has 0 amide bonds. The van der Waals surface area contributed by atoms with Gasteiger partial charge in [-0.2, -0.15) is 5.10 Å². The third-order valence-electron chi connectivity index (χ3n) is 5.33. The van der Waals surface area contributed by atoms with Crippen molar-refractivity contribution < 1.29 is 28.5 Å². The van der Waals surface area contributed by atoms with Gasteiger partial charge in [0, 0.05) is 17.3 Å². The molecule has 3 rings (SSSR count). The van der Waals surface area contributed by atoms with Crippen LogP contribution in [0.15, 0.2) is 54.6 Å². The van der Waals surface area contributed by atoms with Gasteiger partial charge in [-0.1, -0.05) is 32.0 Å². The minimum Gasteiger partial charge on any atom is -0.481 e. The number of para-hydroxylation sites is 1. The Kier molecular flexibility index (Phi) is 9.16. The molecule has 2 atom stereocenters. The van der Waals surface area contributed by atoms with Gasteiger partial charge in [0.05, 0.1) is 36.2 Å². The zero-order chi connectivity index (χ0) is 24.7. The Hall–Kier alpha value is -2.80. The van der Waals surface area contributed by atoms with Gasteiger partial charge in [0.25, 0.3) is 0 Å². The van der Waals surface area contributed by atoms with E-state index in [9.17, 15) is 18.9 Å². The Morgan fingerprint density at radius 2 is 1.82 bits per heavy atom. The van der Waals surface area contributed by atoms with Crippen molar-refractivity contribution in [1.82, 2.24) is 9.78 Å². The minimum absolute atomic E-state index is 0.144. The summed E-state index contributed by atoms with van der Waals surface area (Å²) in [5, 5.41) is 23.2. The number of halogens is 1. The summed E-state index contributed by atoms with van der Waals surface area (Å²) < 4.78 is 33.0. The third kappa shape index (κ3) is 6.86. The van der Waals surface area contributed by atoms with Crippen molar-refractivity contribution in [2.24, 2.45) is 0 Å². The quantitative estimate of drug-likeness (QED) is 0.273. The molecule has 0 fully saturated rings. The van der Waals surface area contributed by atoms with Crippen LogP contribution in [0.1, 0.15) is 43.9 Å². The second kappa shape index (κ2) is 12.1. The fourth-order valence-electron chi connectivity index (χ4n) is 3.80. The fourth-order valence-corrected chi connectivity index (χ4v) is 4.82. The summed E-state index contributed by atoms with van der Waals surface area (Å²) in [7, 11) is -2.54. The largest absolute Gasteiger partial charge is 0.481 e. The average molecular weight is 488 g/mol. The first-order valence-electron chi connectivity index (χ1n) is 11.2. The number of carbonyl (C=O) groups is 1. The SMILES string of the molecule is CC(C)c1nn(-c2ccccc2)c(-c2ccc(F)cc2)c1CCCO[PH](=O)CC(O)CC(=O)O. The van der Waals surface area contributed by atoms with Crippen molar-refractivity contribution in [2.45, 2.75) is 45.1 Å². The van der Waals surface area contributed by atoms with Crippen molar-refractivity contribution in [3.05, 3.63) is 71.7 Å². The van der Waals surface area contributed by atoms with E-state index in [1.165, 1.54) is 12.1 Å². The van der Waals surface area contributed by atoms with E-state index in [0.717, 1.165) is 28.2 Å². The van der Waals surface area contributed by atoms with Gasteiger partial charge in [-0.25, -0.2) is 9.07 Å². The highest BCUT2D eigenvalue weighted by molar-refractivity contribution is 7.39. The lowest BCUT2D eigenvalue weighted by molar-refractivity contribution is -0.138. The molecular formula is C25H30FN2O5P. The van der Waals surface area contributed by atoms with Crippen LogP contribution in [0.2, 0.25) is 0 Å². The molecule has 0 aliphatic heterocycles. The number of aliphatic carboxylic acids is 1. The molecule has 1 aromatic heterocycles. The number of aromatic nitrogens is 2. The molecule has 0 bridgehead atoms. The smallest absolute Gasteiger partial charge is 0.305 e. The highest BCUT2D eigenvalue weighted by atomic mass is 31.1. The van der Waals surface area contributed by atoms with Gasteiger partial charge in [-0.05, 0) is 55.2 Å². The van der Waals surface area contributed by atoms with E-state index in [4.69, 9.17) is 14.7 Å². The van der Waals surface area contributed by atoms with Crippen LogP contribution in [0.3, 0.4) is 0 Å². The molecule has 9 heteroatoms. The summed E-state index contributed by atoms with van der Waals surface area (Å²) >= 11 is 0. The second-order valence-corrected chi connectivity index (χ2v) is 9.84. The van der Waals surface area contributed by atoms with Gasteiger partial charge in [0.15, 0.2) is 8.03 Å². The predicted molar refractivity (Wildman–Crippen MR) is 129 cm³/mol. The topological polar surface area (TPSA) is 102 Å². The van der Waals surface area contributed by atoms with Crippen LogP contribution in [0.5, 0.6) is 0 Å². The van der Waals surface area contributed by atoms with E-state index >= 15 is 0 Å². The van der Waals surface area contributed by atoms with Crippen LogP contribution < -0.4 is 0 Å². The lowest BCUT2D eigenvalue weighted by Crippen LogP contribution is -2.15. The Morgan fingerprint density at radius 3 is 2.44 bits per heavy atom. The fraction of sp³-hybridized carbons (Fsp3) is 0.360. The standard InChI is InChI=1S/C25H30FN2O5P/c1-17(2)24-22(9-6-14-33-34(32)16-21(29)15-23(30)31)25(18-10-12-19(26)13-11-18)28(27-24)20-7-4-3-5-8-20/h3-5,7-8,10-13,17,21,29,34H,6,9,14-16H2,1-2H3,(H,30,31). The van der Waals surface area contributed by atoms with Crippen LogP contribution in [-0.4, -0.2) is 44.8 Å². The Bertz CT molecular complexity index is 1120. The van der Waals surface area contributed by atoms with E-state index in [1.807, 2.05) is 35.0 Å². The van der Waals surface area contributed by atoms with Gasteiger partial charge in [0.1, 0.15) is 5.82 Å². The molecule has 7 nitrogen and oxygen atoms in total. The molecule has 0 saturated heterocycles. The highest BCUT2D eigenvalue weighted by Gasteiger charge is 2.22. The molecule has 0 spiro atoms. The molecular weight excluding hydrogens is 458 g/mol. The second-order valence-electron chi connectivity index (χ2n) is 8.40. The Labute approximate surface area is 199 Å². The maximum Gasteiger partial charge on any atom is 0.305 e. The Morgan fingerprint density at radius 1 is 1.15 bits per heavy atom. The molecule has 0 saturated carbocycles. The molecule has 0 radical (unpaired) electrons. The number of carboxylic acid groups (broad SMARTS) is 1. The minimum atomic E-state index is -2.54. The first-order chi connectivity index (χ1) is 16.3. The number of benzene rings is 2. The molecule has 2 unspecified atom stereocenters. The number of rotatable bonds is 12. The zero-order valence-corrected chi connectivity index (χ0v) is 20.3. The number of carboxylic acids is 1. The molecule has 0 aliphatic carbocycles. The normalized spacial score (nSPS) is 13.2. The molecule has 0 aliphatic rings. The monoisotopic (exact) mass is 488 g/mol. The maximum absolute atomic E-state index is 13.6. The van der Waals surface area contributed by atoms with Crippen molar-refractivity contribution in [1.29, 1.82) is 0 Å². The van der Waals surface area contributed by atoms with E-state index in [-0.39, 0.29) is 24.5 Å². The van der Waals surface area contributed by atoms with E-state index in [0.29, 0.717) is 12.8 Å². The van der Waals surface area contributed by atoms with Crippen molar-refractivity contribution in [2.75, 3.05) is 12.8 Å². The summed E-state index contributed by atoms with van der Waals surface area (Å²) in [6.07, 6.45) is -0.677. The maximum atomic E-state index is 13.6. The Balaban J connectivity index is 1.83. The summed E-state index contributed by atoms with van der Waals surface area (Å²) in [5.74, 6) is -1.32. The van der Waals surface area contributed by atoms with Crippen LogP contribution >= 0.6 is 8.03 Å². The first-order valence-corrected chi connectivity index (χ1v) is 12.8. The number of hydrogen-bond donors (Lipinski definition) is 2. The molecule has 2 N–H and O–H groups in total. The van der Waals surface area contributed by atoms with Gasteiger partial charge in [-0.15, -0.1) is 0 Å². The predicted octanol–water partition coefficient (Wildman–Crippen LogP) is 5.06. The number of aliphatic hydroxyl groups is 1. The average Bonchev–Trinajstić information content (AvgIpc) is 3.17.